The molecule has 0 atom stereocenters. The summed E-state index contributed by atoms with van der Waals surface area (Å²) < 4.78 is 10.2. The minimum absolute atomic E-state index is 0.0303. The van der Waals surface area contributed by atoms with Crippen molar-refractivity contribution in [1.29, 1.82) is 0 Å². The number of rotatable bonds is 5. The van der Waals surface area contributed by atoms with Crippen molar-refractivity contribution in [1.82, 2.24) is 15.4 Å². The maximum absolute atomic E-state index is 11.8. The van der Waals surface area contributed by atoms with Crippen LogP contribution in [0.4, 0.5) is 6.01 Å². The molecule has 0 aliphatic heterocycles. The number of benzene rings is 1. The third kappa shape index (κ3) is 3.53. The second-order valence-corrected chi connectivity index (χ2v) is 5.44. The molecule has 0 fully saturated rings. The van der Waals surface area contributed by atoms with Crippen molar-refractivity contribution in [2.45, 2.75) is 17.6 Å². The van der Waals surface area contributed by atoms with E-state index in [0.717, 1.165) is 4.90 Å². The number of thioether (sulfide) groups is 1. The highest BCUT2D eigenvalue weighted by Crippen LogP contribution is 2.22. The van der Waals surface area contributed by atoms with Gasteiger partial charge in [-0.3, -0.25) is 10.1 Å². The van der Waals surface area contributed by atoms with Gasteiger partial charge in [-0.2, -0.15) is 0 Å². The summed E-state index contributed by atoms with van der Waals surface area (Å²) in [6.07, 6.45) is 0. The Bertz CT molecular complexity index is 769. The van der Waals surface area contributed by atoms with Gasteiger partial charge in [0.2, 0.25) is 11.7 Å². The van der Waals surface area contributed by atoms with Gasteiger partial charge in [0.1, 0.15) is 0 Å². The lowest BCUT2D eigenvalue weighted by Gasteiger charge is -1.97. The average molecular weight is 316 g/mol. The summed E-state index contributed by atoms with van der Waals surface area (Å²) in [5.74, 6) is 0.564. The van der Waals surface area contributed by atoms with E-state index in [9.17, 15) is 4.79 Å². The smallest absolute Gasteiger partial charge is 0.322 e. The summed E-state index contributed by atoms with van der Waals surface area (Å²) in [5.41, 5.74) is 0.621. The number of aromatic nitrogens is 3. The molecule has 22 heavy (non-hydrogen) atoms. The lowest BCUT2D eigenvalue weighted by molar-refractivity contribution is 0.0985. The van der Waals surface area contributed by atoms with Gasteiger partial charge in [0, 0.05) is 11.0 Å². The van der Waals surface area contributed by atoms with Gasteiger partial charge in [0.15, 0.2) is 0 Å². The molecule has 1 N–H and O–H groups in total. The topological polar surface area (TPSA) is 94.1 Å². The number of aryl methyl sites for hydroxylation is 1. The molecule has 7 nitrogen and oxygen atoms in total. The van der Waals surface area contributed by atoms with E-state index in [1.54, 1.807) is 18.7 Å². The maximum Gasteiger partial charge on any atom is 0.322 e. The number of hydrogen-bond donors (Lipinski definition) is 1. The van der Waals surface area contributed by atoms with Crippen LogP contribution in [0.5, 0.6) is 0 Å². The molecule has 0 saturated carbocycles. The molecule has 1 amide bonds. The van der Waals surface area contributed by atoms with Gasteiger partial charge in [0.05, 0.1) is 11.4 Å². The molecule has 8 heteroatoms. The molecular formula is C14H12N4O3S. The van der Waals surface area contributed by atoms with Crippen molar-refractivity contribution >= 4 is 23.7 Å². The van der Waals surface area contributed by atoms with Gasteiger partial charge in [-0.05, 0) is 19.1 Å². The zero-order valence-corrected chi connectivity index (χ0v) is 12.5. The van der Waals surface area contributed by atoms with Gasteiger partial charge >= 0.3 is 6.01 Å². The van der Waals surface area contributed by atoms with Crippen molar-refractivity contribution in [2.24, 2.45) is 0 Å². The van der Waals surface area contributed by atoms with Crippen molar-refractivity contribution < 1.29 is 13.7 Å². The number of hydrogen-bond acceptors (Lipinski definition) is 7. The van der Waals surface area contributed by atoms with Crippen LogP contribution in [0.3, 0.4) is 0 Å². The summed E-state index contributed by atoms with van der Waals surface area (Å²) in [6.45, 7) is 1.73. The zero-order valence-electron chi connectivity index (χ0n) is 11.6. The van der Waals surface area contributed by atoms with Crippen LogP contribution in [-0.2, 0) is 5.75 Å². The first-order valence-corrected chi connectivity index (χ1v) is 7.44. The summed E-state index contributed by atoms with van der Waals surface area (Å²) in [7, 11) is 0. The van der Waals surface area contributed by atoms with Crippen molar-refractivity contribution in [3.63, 3.8) is 0 Å². The molecule has 0 radical (unpaired) electrons. The Kier molecular flexibility index (Phi) is 4.19. The molecule has 0 unspecified atom stereocenters. The molecule has 1 aromatic carbocycles. The summed E-state index contributed by atoms with van der Waals surface area (Å²) in [4.78, 5) is 12.9. The Hall–Kier alpha value is -2.61. The molecule has 3 aromatic rings. The molecule has 0 spiro atoms. The Labute approximate surface area is 130 Å². The number of nitrogens with zero attached hydrogens (tertiary/aromatic N) is 3. The molecule has 0 aliphatic rings. The molecule has 2 heterocycles. The predicted molar refractivity (Wildman–Crippen MR) is 79.5 cm³/mol. The Balaban J connectivity index is 1.58. The monoisotopic (exact) mass is 316 g/mol. The first kappa shape index (κ1) is 14.3. The normalized spacial score (nSPS) is 10.6. The van der Waals surface area contributed by atoms with Gasteiger partial charge in [0.25, 0.3) is 5.91 Å². The molecule has 0 bridgehead atoms. The van der Waals surface area contributed by atoms with Gasteiger partial charge in [-0.25, -0.2) is 0 Å². The lowest BCUT2D eigenvalue weighted by atomic mass is 10.4. The summed E-state index contributed by atoms with van der Waals surface area (Å²) >= 11 is 1.57. The van der Waals surface area contributed by atoms with E-state index in [4.69, 9.17) is 8.94 Å². The fourth-order valence-electron chi connectivity index (χ4n) is 1.65. The standard InChI is InChI=1S/C14H12N4O3S/c1-9-7-11(21-18-9)13(19)15-14-17-16-12(20-14)8-22-10-5-3-2-4-6-10/h2-7H,8H2,1H3,(H,15,17,19). The van der Waals surface area contributed by atoms with E-state index < -0.39 is 5.91 Å². The number of nitrogens with one attached hydrogen (secondary N) is 1. The highest BCUT2D eigenvalue weighted by molar-refractivity contribution is 7.98. The molecular weight excluding hydrogens is 304 g/mol. The first-order chi connectivity index (χ1) is 10.7. The minimum Gasteiger partial charge on any atom is -0.407 e. The van der Waals surface area contributed by atoms with Crippen LogP contribution in [0, 0.1) is 6.92 Å². The summed E-state index contributed by atoms with van der Waals surface area (Å²) in [6, 6.07) is 11.4. The minimum atomic E-state index is -0.480. The van der Waals surface area contributed by atoms with E-state index in [-0.39, 0.29) is 11.8 Å². The van der Waals surface area contributed by atoms with Crippen LogP contribution in [0.1, 0.15) is 22.1 Å². The third-order valence-electron chi connectivity index (χ3n) is 2.64. The SMILES string of the molecule is Cc1cc(C(=O)Nc2nnc(CSc3ccccc3)o2)on1. The molecule has 2 aromatic heterocycles. The van der Waals surface area contributed by atoms with Crippen LogP contribution in [0.2, 0.25) is 0 Å². The molecule has 0 saturated heterocycles. The van der Waals surface area contributed by atoms with Gasteiger partial charge < -0.3 is 8.94 Å². The zero-order chi connectivity index (χ0) is 15.4. The quantitative estimate of drug-likeness (QED) is 0.723. The molecule has 0 aliphatic carbocycles. The average Bonchev–Trinajstić information content (AvgIpc) is 3.15. The van der Waals surface area contributed by atoms with Crippen molar-refractivity contribution in [3.05, 3.63) is 53.7 Å². The highest BCUT2D eigenvalue weighted by atomic mass is 32.2. The van der Waals surface area contributed by atoms with E-state index >= 15 is 0 Å². The molecule has 112 valence electrons. The maximum atomic E-state index is 11.8. The van der Waals surface area contributed by atoms with Crippen molar-refractivity contribution in [2.75, 3.05) is 5.32 Å². The van der Waals surface area contributed by atoms with Crippen LogP contribution in [0.25, 0.3) is 0 Å². The molecule has 3 rings (SSSR count). The van der Waals surface area contributed by atoms with E-state index in [0.29, 0.717) is 17.3 Å². The lowest BCUT2D eigenvalue weighted by Crippen LogP contribution is -2.11. The Morgan fingerprint density at radius 3 is 2.82 bits per heavy atom. The number of anilines is 1. The largest absolute Gasteiger partial charge is 0.407 e. The number of amides is 1. The van der Waals surface area contributed by atoms with E-state index in [1.807, 2.05) is 30.3 Å². The van der Waals surface area contributed by atoms with E-state index in [1.165, 1.54) is 6.07 Å². The van der Waals surface area contributed by atoms with Crippen LogP contribution in [-0.4, -0.2) is 21.3 Å². The highest BCUT2D eigenvalue weighted by Gasteiger charge is 2.15. The van der Waals surface area contributed by atoms with Crippen LogP contribution in [0.15, 0.2) is 50.2 Å². The van der Waals surface area contributed by atoms with Crippen molar-refractivity contribution in [3.8, 4) is 0 Å². The van der Waals surface area contributed by atoms with E-state index in [2.05, 4.69) is 20.7 Å². The third-order valence-corrected chi connectivity index (χ3v) is 3.64. The van der Waals surface area contributed by atoms with Gasteiger partial charge in [-0.15, -0.1) is 16.9 Å². The number of carbonyl (C=O) groups is 1. The van der Waals surface area contributed by atoms with Crippen LogP contribution >= 0.6 is 11.8 Å². The Morgan fingerprint density at radius 2 is 2.09 bits per heavy atom. The fourth-order valence-corrected chi connectivity index (χ4v) is 2.41. The number of carbonyl (C=O) groups excluding carboxylic acids is 1. The summed E-state index contributed by atoms with van der Waals surface area (Å²) in [5, 5.41) is 13.8. The second-order valence-electron chi connectivity index (χ2n) is 4.39. The fraction of sp³-hybridized carbons (Fsp3) is 0.143. The van der Waals surface area contributed by atoms with Crippen LogP contribution < -0.4 is 5.32 Å². The van der Waals surface area contributed by atoms with Gasteiger partial charge in [-0.1, -0.05) is 28.5 Å². The predicted octanol–water partition coefficient (Wildman–Crippen LogP) is 2.91. The Morgan fingerprint density at radius 1 is 1.27 bits per heavy atom. The first-order valence-electron chi connectivity index (χ1n) is 6.45. The second kappa shape index (κ2) is 6.44.